The Labute approximate surface area is 360 Å². The van der Waals surface area contributed by atoms with Crippen LogP contribution in [0.3, 0.4) is 0 Å². The molecular weight excluding hydrogens is 749 g/mol. The Morgan fingerprint density at radius 2 is 0.581 bits per heavy atom. The molecule has 288 valence electrons. The average Bonchev–Trinajstić information content (AvgIpc) is 3.85. The molecule has 11 aromatic carbocycles. The van der Waals surface area contributed by atoms with Gasteiger partial charge in [0.25, 0.3) is 0 Å². The highest BCUT2D eigenvalue weighted by atomic mass is 15.1. The Bertz CT molecular complexity index is 3370. The van der Waals surface area contributed by atoms with Crippen molar-refractivity contribution >= 4 is 66.4 Å². The van der Waals surface area contributed by atoms with Crippen LogP contribution in [0.2, 0.25) is 0 Å². The van der Waals surface area contributed by atoms with E-state index in [1.165, 1.54) is 99.3 Å². The molecule has 0 radical (unpaired) electrons. The van der Waals surface area contributed by atoms with E-state index in [9.17, 15) is 0 Å². The van der Waals surface area contributed by atoms with Crippen LogP contribution in [-0.4, -0.2) is 0 Å². The summed E-state index contributed by atoms with van der Waals surface area (Å²) in [5.41, 5.74) is 19.6. The first-order chi connectivity index (χ1) is 30.8. The van der Waals surface area contributed by atoms with E-state index in [-0.39, 0.29) is 0 Å². The van der Waals surface area contributed by atoms with Gasteiger partial charge in [-0.05, 0) is 126 Å². The average molecular weight is 787 g/mol. The van der Waals surface area contributed by atoms with E-state index >= 15 is 0 Å². The minimum atomic E-state index is 1.11. The van der Waals surface area contributed by atoms with Crippen molar-refractivity contribution in [3.05, 3.63) is 231 Å². The number of rotatable bonds is 7. The second kappa shape index (κ2) is 13.7. The Morgan fingerprint density at radius 1 is 0.210 bits per heavy atom. The van der Waals surface area contributed by atoms with Crippen LogP contribution >= 0.6 is 0 Å². The molecule has 11 aromatic rings. The van der Waals surface area contributed by atoms with Gasteiger partial charge in [-0.3, -0.25) is 0 Å². The molecule has 0 heterocycles. The van der Waals surface area contributed by atoms with Gasteiger partial charge in [-0.15, -0.1) is 0 Å². The van der Waals surface area contributed by atoms with Crippen molar-refractivity contribution in [2.24, 2.45) is 0 Å². The second-order valence-corrected chi connectivity index (χ2v) is 16.4. The molecule has 2 aliphatic rings. The molecule has 0 atom stereocenters. The van der Waals surface area contributed by atoms with E-state index in [1.807, 2.05) is 0 Å². The number of hydrogen-bond acceptors (Lipinski definition) is 2. The third-order valence-corrected chi connectivity index (χ3v) is 13.1. The number of fused-ring (bicyclic) bond motifs is 7. The summed E-state index contributed by atoms with van der Waals surface area (Å²) in [4.78, 5) is 4.85. The largest absolute Gasteiger partial charge is 0.310 e. The molecule has 0 N–H and O–H groups in total. The fourth-order valence-corrected chi connectivity index (χ4v) is 10.4. The number of benzene rings is 11. The lowest BCUT2D eigenvalue weighted by Crippen LogP contribution is -2.11. The van der Waals surface area contributed by atoms with Gasteiger partial charge in [0.15, 0.2) is 0 Å². The van der Waals surface area contributed by atoms with Crippen molar-refractivity contribution in [1.29, 1.82) is 0 Å². The Balaban J connectivity index is 0.942. The molecule has 0 spiro atoms. The number of para-hydroxylation sites is 1. The molecule has 0 saturated heterocycles. The molecule has 2 heteroatoms. The predicted octanol–water partition coefficient (Wildman–Crippen LogP) is 17.0. The molecule has 0 saturated carbocycles. The standard InChI is InChI=1S/C60H38N2/c1-2-15-42(16-3-1)61(56-26-10-14-41-13-4-5-17-45(41)56)43-31-27-39(28-32-43)40-29-33-44(34-30-40)62(57-37-35-52-48-20-8-6-18-46(48)50-22-11-24-54(57)59(50)52)58-38-36-53-49-21-9-7-19-47(49)51-23-12-25-55(58)60(51)53/h1-38H. The van der Waals surface area contributed by atoms with Crippen LogP contribution in [-0.2, 0) is 0 Å². The minimum Gasteiger partial charge on any atom is -0.310 e. The van der Waals surface area contributed by atoms with Gasteiger partial charge < -0.3 is 9.80 Å². The number of hydrogen-bond donors (Lipinski definition) is 0. The summed E-state index contributed by atoms with van der Waals surface area (Å²) < 4.78 is 0. The smallest absolute Gasteiger partial charge is 0.0540 e. The summed E-state index contributed by atoms with van der Waals surface area (Å²) in [5, 5.41) is 7.57. The summed E-state index contributed by atoms with van der Waals surface area (Å²) in [5.74, 6) is 0. The molecule has 0 amide bonds. The van der Waals surface area contributed by atoms with Gasteiger partial charge in [0.2, 0.25) is 0 Å². The first-order valence-corrected chi connectivity index (χ1v) is 21.4. The van der Waals surface area contributed by atoms with E-state index in [1.54, 1.807) is 0 Å². The molecular formula is C60H38N2. The lowest BCUT2D eigenvalue weighted by Gasteiger charge is -2.29. The minimum absolute atomic E-state index is 1.11. The number of nitrogens with zero attached hydrogens (tertiary/aromatic N) is 2. The topological polar surface area (TPSA) is 6.48 Å². The predicted molar refractivity (Wildman–Crippen MR) is 263 cm³/mol. The van der Waals surface area contributed by atoms with Crippen LogP contribution in [0.4, 0.5) is 34.1 Å². The van der Waals surface area contributed by atoms with Crippen molar-refractivity contribution in [1.82, 2.24) is 0 Å². The highest BCUT2D eigenvalue weighted by molar-refractivity contribution is 6.22. The Kier molecular flexibility index (Phi) is 7.64. The maximum absolute atomic E-state index is 2.49. The molecule has 0 fully saturated rings. The summed E-state index contributed by atoms with van der Waals surface area (Å²) in [6.07, 6.45) is 0. The summed E-state index contributed by atoms with van der Waals surface area (Å²) in [6.45, 7) is 0. The van der Waals surface area contributed by atoms with E-state index in [0.717, 1.165) is 22.7 Å². The van der Waals surface area contributed by atoms with Crippen LogP contribution in [0.1, 0.15) is 0 Å². The zero-order valence-corrected chi connectivity index (χ0v) is 33.8. The maximum atomic E-state index is 2.49. The van der Waals surface area contributed by atoms with Gasteiger partial charge in [0.1, 0.15) is 0 Å². The monoisotopic (exact) mass is 786 g/mol. The van der Waals surface area contributed by atoms with Crippen molar-refractivity contribution in [2.45, 2.75) is 0 Å². The molecule has 62 heavy (non-hydrogen) atoms. The summed E-state index contributed by atoms with van der Waals surface area (Å²) in [7, 11) is 0. The zero-order valence-electron chi connectivity index (χ0n) is 33.8. The molecule has 0 aromatic heterocycles. The fourth-order valence-electron chi connectivity index (χ4n) is 10.4. The van der Waals surface area contributed by atoms with Crippen molar-refractivity contribution < 1.29 is 0 Å². The second-order valence-electron chi connectivity index (χ2n) is 16.4. The van der Waals surface area contributed by atoms with Gasteiger partial charge in [-0.25, -0.2) is 0 Å². The van der Waals surface area contributed by atoms with Crippen molar-refractivity contribution in [3.8, 4) is 55.6 Å². The van der Waals surface area contributed by atoms with Crippen LogP contribution in [0.15, 0.2) is 231 Å². The van der Waals surface area contributed by atoms with E-state index < -0.39 is 0 Å². The molecule has 0 bridgehead atoms. The first kappa shape index (κ1) is 34.6. The third kappa shape index (κ3) is 5.17. The van der Waals surface area contributed by atoms with E-state index in [0.29, 0.717) is 0 Å². The van der Waals surface area contributed by atoms with Crippen LogP contribution in [0.25, 0.3) is 88.0 Å². The van der Waals surface area contributed by atoms with Gasteiger partial charge in [-0.2, -0.15) is 0 Å². The van der Waals surface area contributed by atoms with E-state index in [2.05, 4.69) is 240 Å². The molecule has 0 unspecified atom stereocenters. The highest BCUT2D eigenvalue weighted by Gasteiger charge is 2.28. The van der Waals surface area contributed by atoms with Crippen LogP contribution < -0.4 is 9.80 Å². The van der Waals surface area contributed by atoms with Gasteiger partial charge in [0, 0.05) is 33.2 Å². The highest BCUT2D eigenvalue weighted by Crippen LogP contribution is 2.54. The van der Waals surface area contributed by atoms with E-state index in [4.69, 9.17) is 0 Å². The third-order valence-electron chi connectivity index (χ3n) is 13.1. The fraction of sp³-hybridized carbons (Fsp3) is 0. The van der Waals surface area contributed by atoms with Gasteiger partial charge in [0.05, 0.1) is 17.1 Å². The SMILES string of the molecule is c1ccc(N(c2ccc(-c3ccc(N(c4ccc5c6c(cccc46)-c4ccccc4-5)c4ccc5c6c(cccc46)-c4ccccc4-5)cc3)cc2)c2cccc3ccccc23)cc1. The van der Waals surface area contributed by atoms with Gasteiger partial charge in [-0.1, -0.05) is 176 Å². The van der Waals surface area contributed by atoms with Crippen molar-refractivity contribution in [3.63, 3.8) is 0 Å². The molecule has 0 aliphatic heterocycles. The Hall–Kier alpha value is -8.20. The van der Waals surface area contributed by atoms with Crippen LogP contribution in [0, 0.1) is 0 Å². The maximum Gasteiger partial charge on any atom is 0.0540 e. The quantitative estimate of drug-likeness (QED) is 0.159. The summed E-state index contributed by atoms with van der Waals surface area (Å²) >= 11 is 0. The molecule has 2 nitrogen and oxygen atoms in total. The molecule has 13 rings (SSSR count). The lowest BCUT2D eigenvalue weighted by molar-refractivity contribution is 1.30. The lowest BCUT2D eigenvalue weighted by atomic mass is 9.97. The number of anilines is 6. The zero-order chi connectivity index (χ0) is 40.7. The normalized spacial score (nSPS) is 11.9. The van der Waals surface area contributed by atoms with Crippen molar-refractivity contribution in [2.75, 3.05) is 9.80 Å². The summed E-state index contributed by atoms with van der Waals surface area (Å²) in [6, 6.07) is 84.6. The first-order valence-electron chi connectivity index (χ1n) is 21.4. The van der Waals surface area contributed by atoms with Crippen LogP contribution in [0.5, 0.6) is 0 Å². The van der Waals surface area contributed by atoms with Gasteiger partial charge >= 0.3 is 0 Å². The Morgan fingerprint density at radius 3 is 1.13 bits per heavy atom. The molecule has 2 aliphatic carbocycles.